The standard InChI is InChI=1S/C24H18FNO4/c1-29-23-12-16(10-20(14-26)18-5-3-7-21(25)13-18)8-9-22(23)30-15-17-4-2-6-19(11-17)24(27)28/h2-13H,15H2,1H3,(H,27,28)/b20-10-. The molecule has 0 spiro atoms. The van der Waals surface area contributed by atoms with Crippen LogP contribution in [0.1, 0.15) is 27.0 Å². The van der Waals surface area contributed by atoms with E-state index in [-0.39, 0.29) is 12.2 Å². The molecule has 3 aromatic rings. The third kappa shape index (κ3) is 5.03. The number of aromatic carboxylic acids is 1. The molecule has 0 bridgehead atoms. The minimum atomic E-state index is -1.00. The van der Waals surface area contributed by atoms with Gasteiger partial charge >= 0.3 is 5.97 Å². The maximum absolute atomic E-state index is 13.5. The highest BCUT2D eigenvalue weighted by atomic mass is 19.1. The van der Waals surface area contributed by atoms with Gasteiger partial charge in [-0.15, -0.1) is 0 Å². The summed E-state index contributed by atoms with van der Waals surface area (Å²) in [6.07, 6.45) is 1.64. The molecule has 5 nitrogen and oxygen atoms in total. The summed E-state index contributed by atoms with van der Waals surface area (Å²) < 4.78 is 24.6. The molecule has 3 aromatic carbocycles. The smallest absolute Gasteiger partial charge is 0.335 e. The number of nitriles is 1. The molecule has 0 heterocycles. The number of halogens is 1. The second kappa shape index (κ2) is 9.39. The van der Waals surface area contributed by atoms with Gasteiger partial charge < -0.3 is 14.6 Å². The molecule has 0 aliphatic heterocycles. The van der Waals surface area contributed by atoms with E-state index in [0.717, 1.165) is 0 Å². The van der Waals surface area contributed by atoms with Crippen molar-refractivity contribution in [2.45, 2.75) is 6.61 Å². The minimum Gasteiger partial charge on any atom is -0.493 e. The molecule has 0 radical (unpaired) electrons. The Morgan fingerprint density at radius 2 is 1.83 bits per heavy atom. The highest BCUT2D eigenvalue weighted by Crippen LogP contribution is 2.30. The molecule has 30 heavy (non-hydrogen) atoms. The Morgan fingerprint density at radius 3 is 2.53 bits per heavy atom. The normalized spacial score (nSPS) is 10.9. The quantitative estimate of drug-likeness (QED) is 0.435. The number of hydrogen-bond donors (Lipinski definition) is 1. The number of carboxylic acid groups (broad SMARTS) is 1. The van der Waals surface area contributed by atoms with E-state index in [1.807, 2.05) is 0 Å². The van der Waals surface area contributed by atoms with Gasteiger partial charge in [0.1, 0.15) is 12.4 Å². The molecule has 0 aliphatic carbocycles. The lowest BCUT2D eigenvalue weighted by Crippen LogP contribution is -2.01. The van der Waals surface area contributed by atoms with Crippen molar-refractivity contribution in [1.82, 2.24) is 0 Å². The SMILES string of the molecule is COc1cc(/C=C(/C#N)c2cccc(F)c2)ccc1OCc1cccc(C(=O)O)c1. The zero-order valence-corrected chi connectivity index (χ0v) is 16.1. The Labute approximate surface area is 173 Å². The van der Waals surface area contributed by atoms with E-state index in [1.165, 1.54) is 25.3 Å². The maximum atomic E-state index is 13.5. The number of nitrogens with zero attached hydrogens (tertiary/aromatic N) is 1. The molecular formula is C24H18FNO4. The van der Waals surface area contributed by atoms with E-state index < -0.39 is 11.8 Å². The molecule has 0 aromatic heterocycles. The van der Waals surface area contributed by atoms with Crippen molar-refractivity contribution in [1.29, 1.82) is 5.26 Å². The molecule has 0 saturated heterocycles. The average molecular weight is 403 g/mol. The predicted molar refractivity (Wildman–Crippen MR) is 111 cm³/mol. The predicted octanol–water partition coefficient (Wildman–Crippen LogP) is 5.18. The van der Waals surface area contributed by atoms with Crippen LogP contribution in [0.5, 0.6) is 11.5 Å². The largest absolute Gasteiger partial charge is 0.493 e. The van der Waals surface area contributed by atoms with Crippen LogP contribution in [0.3, 0.4) is 0 Å². The Bertz CT molecular complexity index is 1150. The Morgan fingerprint density at radius 1 is 1.07 bits per heavy atom. The van der Waals surface area contributed by atoms with Crippen LogP contribution in [0, 0.1) is 17.1 Å². The summed E-state index contributed by atoms with van der Waals surface area (Å²) in [5.74, 6) is -0.492. The summed E-state index contributed by atoms with van der Waals surface area (Å²) in [5, 5.41) is 18.5. The lowest BCUT2D eigenvalue weighted by Gasteiger charge is -2.12. The number of hydrogen-bond acceptors (Lipinski definition) is 4. The summed E-state index contributed by atoms with van der Waals surface area (Å²) in [6, 6.07) is 19.6. The molecule has 6 heteroatoms. The first-order valence-corrected chi connectivity index (χ1v) is 9.01. The van der Waals surface area contributed by atoms with Gasteiger partial charge in [-0.1, -0.05) is 30.3 Å². The van der Waals surface area contributed by atoms with Gasteiger partial charge in [-0.05, 0) is 59.2 Å². The molecule has 0 atom stereocenters. The zero-order chi connectivity index (χ0) is 21.5. The number of carbonyl (C=O) groups is 1. The van der Waals surface area contributed by atoms with Crippen molar-refractivity contribution in [3.63, 3.8) is 0 Å². The number of benzene rings is 3. The number of methoxy groups -OCH3 is 1. The molecule has 0 saturated carbocycles. The topological polar surface area (TPSA) is 79.5 Å². The van der Waals surface area contributed by atoms with Gasteiger partial charge in [-0.25, -0.2) is 9.18 Å². The molecule has 0 amide bonds. The lowest BCUT2D eigenvalue weighted by molar-refractivity contribution is 0.0696. The van der Waals surface area contributed by atoms with Gasteiger partial charge in [0, 0.05) is 0 Å². The molecular weight excluding hydrogens is 385 g/mol. The van der Waals surface area contributed by atoms with E-state index in [2.05, 4.69) is 6.07 Å². The van der Waals surface area contributed by atoms with Crippen LogP contribution in [0.15, 0.2) is 66.7 Å². The molecule has 0 unspecified atom stereocenters. The van der Waals surface area contributed by atoms with E-state index in [1.54, 1.807) is 54.6 Å². The van der Waals surface area contributed by atoms with Crippen LogP contribution in [0.4, 0.5) is 4.39 Å². The molecule has 1 N–H and O–H groups in total. The Balaban J connectivity index is 1.82. The van der Waals surface area contributed by atoms with Gasteiger partial charge in [0.05, 0.1) is 24.3 Å². The summed E-state index contributed by atoms with van der Waals surface area (Å²) in [6.45, 7) is 0.166. The Hall–Kier alpha value is -4.11. The van der Waals surface area contributed by atoms with Crippen molar-refractivity contribution < 1.29 is 23.8 Å². The third-order valence-corrected chi connectivity index (χ3v) is 4.32. The van der Waals surface area contributed by atoms with Crippen molar-refractivity contribution in [3.8, 4) is 17.6 Å². The van der Waals surface area contributed by atoms with Gasteiger partial charge in [0.2, 0.25) is 0 Å². The second-order valence-electron chi connectivity index (χ2n) is 6.38. The third-order valence-electron chi connectivity index (χ3n) is 4.32. The number of allylic oxidation sites excluding steroid dienone is 1. The first kappa shape index (κ1) is 20.6. The summed E-state index contributed by atoms with van der Waals surface area (Å²) in [4.78, 5) is 11.1. The molecule has 3 rings (SSSR count). The van der Waals surface area contributed by atoms with Gasteiger partial charge in [-0.2, -0.15) is 5.26 Å². The van der Waals surface area contributed by atoms with Gasteiger partial charge in [0.15, 0.2) is 11.5 Å². The summed E-state index contributed by atoms with van der Waals surface area (Å²) >= 11 is 0. The highest BCUT2D eigenvalue weighted by molar-refractivity contribution is 5.90. The fraction of sp³-hybridized carbons (Fsp3) is 0.0833. The van der Waals surface area contributed by atoms with Crippen molar-refractivity contribution in [2.24, 2.45) is 0 Å². The highest BCUT2D eigenvalue weighted by Gasteiger charge is 2.09. The number of rotatable bonds is 7. The van der Waals surface area contributed by atoms with E-state index in [4.69, 9.17) is 14.6 Å². The van der Waals surface area contributed by atoms with E-state index in [0.29, 0.717) is 33.8 Å². The molecule has 0 fully saturated rings. The van der Waals surface area contributed by atoms with Crippen LogP contribution in [0.2, 0.25) is 0 Å². The van der Waals surface area contributed by atoms with E-state index >= 15 is 0 Å². The van der Waals surface area contributed by atoms with Crippen molar-refractivity contribution in [3.05, 3.63) is 94.8 Å². The lowest BCUT2D eigenvalue weighted by atomic mass is 10.0. The monoisotopic (exact) mass is 403 g/mol. The van der Waals surface area contributed by atoms with Gasteiger partial charge in [-0.3, -0.25) is 0 Å². The fourth-order valence-electron chi connectivity index (χ4n) is 2.85. The van der Waals surface area contributed by atoms with Crippen molar-refractivity contribution >= 4 is 17.6 Å². The second-order valence-corrected chi connectivity index (χ2v) is 6.38. The van der Waals surface area contributed by atoms with Crippen molar-refractivity contribution in [2.75, 3.05) is 7.11 Å². The fourth-order valence-corrected chi connectivity index (χ4v) is 2.85. The Kier molecular flexibility index (Phi) is 6.46. The molecule has 150 valence electrons. The molecule has 0 aliphatic rings. The first-order valence-electron chi connectivity index (χ1n) is 9.01. The first-order chi connectivity index (χ1) is 14.5. The average Bonchev–Trinajstić information content (AvgIpc) is 2.76. The number of ether oxygens (including phenoxy) is 2. The zero-order valence-electron chi connectivity index (χ0n) is 16.1. The van der Waals surface area contributed by atoms with Gasteiger partial charge in [0.25, 0.3) is 0 Å². The van der Waals surface area contributed by atoms with Crippen LogP contribution in [0.25, 0.3) is 11.6 Å². The maximum Gasteiger partial charge on any atom is 0.335 e. The summed E-state index contributed by atoms with van der Waals surface area (Å²) in [7, 11) is 1.50. The van der Waals surface area contributed by atoms with Crippen LogP contribution >= 0.6 is 0 Å². The minimum absolute atomic E-state index is 0.166. The number of carboxylic acids is 1. The summed E-state index contributed by atoms with van der Waals surface area (Å²) in [5.41, 5.74) is 2.38. The van der Waals surface area contributed by atoms with Crippen LogP contribution < -0.4 is 9.47 Å². The van der Waals surface area contributed by atoms with Crippen LogP contribution in [-0.2, 0) is 6.61 Å². The van der Waals surface area contributed by atoms with Crippen LogP contribution in [-0.4, -0.2) is 18.2 Å². The van der Waals surface area contributed by atoms with E-state index in [9.17, 15) is 14.4 Å².